The molecule has 3 nitrogen and oxygen atoms in total. The number of nitrogens with zero attached hydrogens (tertiary/aromatic N) is 1. The molecule has 6 heteroatoms. The maximum absolute atomic E-state index is 12.7. The molecule has 0 bridgehead atoms. The summed E-state index contributed by atoms with van der Waals surface area (Å²) in [5, 5.41) is 1.41. The molecule has 3 rings (SSSR count). The first-order valence-electron chi connectivity index (χ1n) is 5.46. The van der Waals surface area contributed by atoms with E-state index in [1.54, 1.807) is 35.3 Å². The van der Waals surface area contributed by atoms with Crippen LogP contribution in [0.1, 0.15) is 5.82 Å². The zero-order chi connectivity index (χ0) is 13.6. The third-order valence-corrected chi connectivity index (χ3v) is 2.87. The molecule has 0 atom stereocenters. The standard InChI is InChI=1S/C13H7F3N2O/c14-13(15,16)12-17-10-8-4-2-1-3-7(8)5-6-9(10)11(19)18-12/h1-6H,(H,17,18,19). The van der Waals surface area contributed by atoms with Crippen LogP contribution in [0.3, 0.4) is 0 Å². The van der Waals surface area contributed by atoms with Gasteiger partial charge >= 0.3 is 6.18 Å². The van der Waals surface area contributed by atoms with Gasteiger partial charge < -0.3 is 4.98 Å². The number of halogens is 3. The van der Waals surface area contributed by atoms with Gasteiger partial charge in [0.25, 0.3) is 5.56 Å². The van der Waals surface area contributed by atoms with Crippen molar-refractivity contribution in [3.8, 4) is 0 Å². The van der Waals surface area contributed by atoms with E-state index in [9.17, 15) is 18.0 Å². The van der Waals surface area contributed by atoms with Crippen molar-refractivity contribution in [3.05, 3.63) is 52.6 Å². The molecule has 0 spiro atoms. The summed E-state index contributed by atoms with van der Waals surface area (Å²) >= 11 is 0. The molecule has 19 heavy (non-hydrogen) atoms. The molecule has 0 aliphatic rings. The fourth-order valence-electron chi connectivity index (χ4n) is 2.01. The first kappa shape index (κ1) is 11.7. The SMILES string of the molecule is O=c1[nH]c(C(F)(F)F)nc2c1ccc1ccccc12. The van der Waals surface area contributed by atoms with Crippen LogP contribution in [0.15, 0.2) is 41.2 Å². The van der Waals surface area contributed by atoms with E-state index in [1.807, 2.05) is 0 Å². The Labute approximate surface area is 104 Å². The van der Waals surface area contributed by atoms with Gasteiger partial charge in [0.1, 0.15) is 0 Å². The minimum absolute atomic E-state index is 0.0641. The largest absolute Gasteiger partial charge is 0.449 e. The number of rotatable bonds is 0. The Morgan fingerprint density at radius 2 is 1.74 bits per heavy atom. The number of benzene rings is 2. The van der Waals surface area contributed by atoms with Gasteiger partial charge in [0, 0.05) is 5.39 Å². The number of nitrogens with one attached hydrogen (secondary N) is 1. The Morgan fingerprint density at radius 3 is 2.47 bits per heavy atom. The highest BCUT2D eigenvalue weighted by molar-refractivity contribution is 6.04. The third-order valence-electron chi connectivity index (χ3n) is 2.87. The second-order valence-corrected chi connectivity index (χ2v) is 4.10. The van der Waals surface area contributed by atoms with Crippen molar-refractivity contribution in [2.24, 2.45) is 0 Å². The molecule has 1 heterocycles. The first-order chi connectivity index (χ1) is 8.97. The van der Waals surface area contributed by atoms with E-state index in [4.69, 9.17) is 0 Å². The average Bonchev–Trinajstić information content (AvgIpc) is 2.37. The van der Waals surface area contributed by atoms with E-state index in [0.717, 1.165) is 5.39 Å². The Hall–Kier alpha value is -2.37. The predicted octanol–water partition coefficient (Wildman–Crippen LogP) is 3.10. The van der Waals surface area contributed by atoms with E-state index >= 15 is 0 Å². The lowest BCUT2D eigenvalue weighted by Gasteiger charge is -2.08. The highest BCUT2D eigenvalue weighted by Gasteiger charge is 2.34. The summed E-state index contributed by atoms with van der Waals surface area (Å²) < 4.78 is 38.0. The molecule has 3 aromatic rings. The Kier molecular flexibility index (Phi) is 2.35. The number of aromatic nitrogens is 2. The van der Waals surface area contributed by atoms with E-state index in [0.29, 0.717) is 5.39 Å². The van der Waals surface area contributed by atoms with Crippen molar-refractivity contribution in [2.45, 2.75) is 6.18 Å². The van der Waals surface area contributed by atoms with E-state index in [1.165, 1.54) is 6.07 Å². The van der Waals surface area contributed by atoms with Crippen LogP contribution in [0.2, 0.25) is 0 Å². The van der Waals surface area contributed by atoms with Crippen molar-refractivity contribution in [2.75, 3.05) is 0 Å². The lowest BCUT2D eigenvalue weighted by atomic mass is 10.1. The maximum atomic E-state index is 12.7. The predicted molar refractivity (Wildman–Crippen MR) is 64.9 cm³/mol. The topological polar surface area (TPSA) is 45.8 Å². The molecule has 0 saturated heterocycles. The summed E-state index contributed by atoms with van der Waals surface area (Å²) in [6, 6.07) is 10.0. The number of fused-ring (bicyclic) bond motifs is 3. The molecule has 2 aromatic carbocycles. The molecule has 0 aliphatic heterocycles. The van der Waals surface area contributed by atoms with Gasteiger partial charge in [-0.1, -0.05) is 30.3 Å². The van der Waals surface area contributed by atoms with E-state index in [2.05, 4.69) is 4.98 Å². The minimum atomic E-state index is -4.68. The van der Waals surface area contributed by atoms with Crippen LogP contribution in [0.4, 0.5) is 13.2 Å². The van der Waals surface area contributed by atoms with Gasteiger partial charge in [-0.05, 0) is 11.5 Å². The van der Waals surface area contributed by atoms with Crippen LogP contribution in [0, 0.1) is 0 Å². The lowest BCUT2D eigenvalue weighted by molar-refractivity contribution is -0.144. The number of hydrogen-bond donors (Lipinski definition) is 1. The average molecular weight is 264 g/mol. The smallest absolute Gasteiger partial charge is 0.302 e. The number of H-pyrrole nitrogens is 1. The van der Waals surface area contributed by atoms with Crippen LogP contribution in [0.25, 0.3) is 21.7 Å². The van der Waals surface area contributed by atoms with Crippen molar-refractivity contribution >= 4 is 21.7 Å². The summed E-state index contributed by atoms with van der Waals surface area (Å²) in [4.78, 5) is 17.0. The maximum Gasteiger partial charge on any atom is 0.449 e. The summed E-state index contributed by atoms with van der Waals surface area (Å²) in [5.74, 6) is -1.28. The summed E-state index contributed by atoms with van der Waals surface area (Å²) in [6.45, 7) is 0. The van der Waals surface area contributed by atoms with Crippen LogP contribution in [0.5, 0.6) is 0 Å². The van der Waals surface area contributed by atoms with Crippen molar-refractivity contribution < 1.29 is 13.2 Å². The zero-order valence-electron chi connectivity index (χ0n) is 9.45. The van der Waals surface area contributed by atoms with Gasteiger partial charge in [-0.3, -0.25) is 4.79 Å². The van der Waals surface area contributed by atoms with Crippen LogP contribution < -0.4 is 5.56 Å². The second-order valence-electron chi connectivity index (χ2n) is 4.10. The highest BCUT2D eigenvalue weighted by atomic mass is 19.4. The van der Waals surface area contributed by atoms with Gasteiger partial charge in [0.2, 0.25) is 5.82 Å². The highest BCUT2D eigenvalue weighted by Crippen LogP contribution is 2.28. The Bertz CT molecular complexity index is 837. The quantitative estimate of drug-likeness (QED) is 0.634. The van der Waals surface area contributed by atoms with Crippen LogP contribution in [-0.4, -0.2) is 9.97 Å². The normalized spacial score (nSPS) is 12.2. The molecule has 1 aromatic heterocycles. The lowest BCUT2D eigenvalue weighted by Crippen LogP contribution is -2.19. The fourth-order valence-corrected chi connectivity index (χ4v) is 2.01. The van der Waals surface area contributed by atoms with Crippen LogP contribution >= 0.6 is 0 Å². The van der Waals surface area contributed by atoms with Crippen molar-refractivity contribution in [1.82, 2.24) is 9.97 Å². The zero-order valence-corrected chi connectivity index (χ0v) is 9.45. The molecular formula is C13H7F3N2O. The molecule has 1 N–H and O–H groups in total. The van der Waals surface area contributed by atoms with Gasteiger partial charge in [0.05, 0.1) is 10.9 Å². The third kappa shape index (κ3) is 1.85. The monoisotopic (exact) mass is 264 g/mol. The molecule has 0 unspecified atom stereocenters. The van der Waals surface area contributed by atoms with Gasteiger partial charge in [-0.15, -0.1) is 0 Å². The molecule has 0 aliphatic carbocycles. The molecule has 0 amide bonds. The molecule has 96 valence electrons. The number of hydrogen-bond acceptors (Lipinski definition) is 2. The van der Waals surface area contributed by atoms with E-state index < -0.39 is 17.6 Å². The molecule has 0 saturated carbocycles. The van der Waals surface area contributed by atoms with Gasteiger partial charge in [-0.25, -0.2) is 4.98 Å². The van der Waals surface area contributed by atoms with Gasteiger partial charge in [-0.2, -0.15) is 13.2 Å². The van der Waals surface area contributed by atoms with Crippen LogP contribution in [-0.2, 0) is 6.18 Å². The molecule has 0 fully saturated rings. The number of aromatic amines is 1. The van der Waals surface area contributed by atoms with Gasteiger partial charge in [0.15, 0.2) is 0 Å². The first-order valence-corrected chi connectivity index (χ1v) is 5.46. The Balaban J connectivity index is 2.51. The summed E-state index contributed by atoms with van der Waals surface area (Å²) in [6.07, 6.45) is -4.68. The summed E-state index contributed by atoms with van der Waals surface area (Å²) in [7, 11) is 0. The molecular weight excluding hydrogens is 257 g/mol. The minimum Gasteiger partial charge on any atom is -0.302 e. The molecule has 0 radical (unpaired) electrons. The summed E-state index contributed by atoms with van der Waals surface area (Å²) in [5.41, 5.74) is -0.725. The second kappa shape index (κ2) is 3.81. The van der Waals surface area contributed by atoms with Crippen molar-refractivity contribution in [1.29, 1.82) is 0 Å². The van der Waals surface area contributed by atoms with E-state index in [-0.39, 0.29) is 10.9 Å². The van der Waals surface area contributed by atoms with Crippen molar-refractivity contribution in [3.63, 3.8) is 0 Å². The fraction of sp³-hybridized carbons (Fsp3) is 0.0769. The Morgan fingerprint density at radius 1 is 1.00 bits per heavy atom. The number of alkyl halides is 3.